The van der Waals surface area contributed by atoms with Crippen molar-refractivity contribution < 1.29 is 17.9 Å². The van der Waals surface area contributed by atoms with Gasteiger partial charge in [0.2, 0.25) is 0 Å². The van der Waals surface area contributed by atoms with Crippen LogP contribution in [0.4, 0.5) is 18.9 Å². The van der Waals surface area contributed by atoms with Crippen LogP contribution in [-0.2, 0) is 6.18 Å². The molecule has 0 aromatic heterocycles. The molecule has 1 aromatic rings. The van der Waals surface area contributed by atoms with E-state index in [2.05, 4.69) is 5.32 Å². The zero-order valence-corrected chi connectivity index (χ0v) is 7.77. The Morgan fingerprint density at radius 1 is 1.29 bits per heavy atom. The van der Waals surface area contributed by atoms with Crippen molar-refractivity contribution in [2.24, 2.45) is 0 Å². The van der Waals surface area contributed by atoms with Crippen molar-refractivity contribution in [2.45, 2.75) is 6.18 Å². The summed E-state index contributed by atoms with van der Waals surface area (Å²) in [6.07, 6.45) is -4.37. The zero-order chi connectivity index (χ0) is 10.8. The predicted octanol–water partition coefficient (Wildman–Crippen LogP) is 2.76. The summed E-state index contributed by atoms with van der Waals surface area (Å²) < 4.78 is 42.1. The van der Waals surface area contributed by atoms with Gasteiger partial charge in [0.25, 0.3) is 0 Å². The fraction of sp³-hybridized carbons (Fsp3) is 0.333. The number of anilines is 1. The Kier molecular flexibility index (Phi) is 2.88. The minimum Gasteiger partial charge on any atom is -0.497 e. The molecule has 0 heterocycles. The van der Waals surface area contributed by atoms with E-state index in [1.165, 1.54) is 26.3 Å². The average Bonchev–Trinajstić information content (AvgIpc) is 2.15. The summed E-state index contributed by atoms with van der Waals surface area (Å²) in [6.45, 7) is 0. The van der Waals surface area contributed by atoms with E-state index >= 15 is 0 Å². The summed E-state index contributed by atoms with van der Waals surface area (Å²) in [5.41, 5.74) is -0.683. The van der Waals surface area contributed by atoms with E-state index in [0.717, 1.165) is 6.07 Å². The van der Waals surface area contributed by atoms with Crippen molar-refractivity contribution in [1.29, 1.82) is 0 Å². The first-order valence-electron chi connectivity index (χ1n) is 3.92. The van der Waals surface area contributed by atoms with Crippen LogP contribution in [0.15, 0.2) is 18.2 Å². The summed E-state index contributed by atoms with van der Waals surface area (Å²) >= 11 is 0. The largest absolute Gasteiger partial charge is 0.497 e. The monoisotopic (exact) mass is 205 g/mol. The second-order valence-electron chi connectivity index (χ2n) is 2.66. The number of hydrogen-bond acceptors (Lipinski definition) is 2. The molecule has 2 nitrogen and oxygen atoms in total. The molecular weight excluding hydrogens is 195 g/mol. The van der Waals surface area contributed by atoms with Gasteiger partial charge in [0.15, 0.2) is 0 Å². The molecule has 0 aliphatic rings. The van der Waals surface area contributed by atoms with E-state index in [0.29, 0.717) is 0 Å². The molecule has 5 heteroatoms. The number of rotatable bonds is 2. The van der Waals surface area contributed by atoms with Gasteiger partial charge in [-0.15, -0.1) is 0 Å². The third-order valence-corrected chi connectivity index (χ3v) is 1.80. The van der Waals surface area contributed by atoms with Gasteiger partial charge in [-0.3, -0.25) is 0 Å². The number of ether oxygens (including phenoxy) is 1. The third-order valence-electron chi connectivity index (χ3n) is 1.80. The molecule has 0 bridgehead atoms. The van der Waals surface area contributed by atoms with Gasteiger partial charge in [0.1, 0.15) is 5.75 Å². The number of nitrogens with one attached hydrogen (secondary N) is 1. The van der Waals surface area contributed by atoms with E-state index in [9.17, 15) is 13.2 Å². The maximum Gasteiger partial charge on any atom is 0.418 e. The molecule has 78 valence electrons. The van der Waals surface area contributed by atoms with Crippen LogP contribution in [0.25, 0.3) is 0 Å². The lowest BCUT2D eigenvalue weighted by Crippen LogP contribution is -2.09. The van der Waals surface area contributed by atoms with Gasteiger partial charge >= 0.3 is 6.18 Å². The van der Waals surface area contributed by atoms with Gasteiger partial charge in [-0.05, 0) is 18.2 Å². The highest BCUT2D eigenvalue weighted by Crippen LogP contribution is 2.36. The Morgan fingerprint density at radius 2 is 1.93 bits per heavy atom. The molecule has 0 amide bonds. The van der Waals surface area contributed by atoms with Gasteiger partial charge in [-0.25, -0.2) is 0 Å². The molecular formula is C9H10F3NO. The minimum absolute atomic E-state index is 0.0401. The number of benzene rings is 1. The molecule has 0 saturated heterocycles. The van der Waals surface area contributed by atoms with Gasteiger partial charge in [0, 0.05) is 12.7 Å². The Balaban J connectivity index is 3.22. The third kappa shape index (κ3) is 2.10. The highest BCUT2D eigenvalue weighted by molar-refractivity contribution is 5.55. The Bertz CT molecular complexity index is 322. The van der Waals surface area contributed by atoms with Crippen LogP contribution in [0.2, 0.25) is 0 Å². The zero-order valence-electron chi connectivity index (χ0n) is 7.77. The topological polar surface area (TPSA) is 21.3 Å². The first-order chi connectivity index (χ1) is 6.49. The number of methoxy groups -OCH3 is 1. The summed E-state index contributed by atoms with van der Waals surface area (Å²) in [7, 11) is 2.77. The van der Waals surface area contributed by atoms with Crippen LogP contribution in [0.1, 0.15) is 5.56 Å². The molecule has 0 saturated carbocycles. The van der Waals surface area contributed by atoms with E-state index in [1.54, 1.807) is 0 Å². The summed E-state index contributed by atoms with van der Waals surface area (Å²) in [5.74, 6) is 0.191. The minimum atomic E-state index is -4.37. The number of halogens is 3. The van der Waals surface area contributed by atoms with Crippen molar-refractivity contribution >= 4 is 5.69 Å². The number of alkyl halides is 3. The van der Waals surface area contributed by atoms with Crippen LogP contribution in [0.3, 0.4) is 0 Å². The maximum atomic E-state index is 12.5. The molecule has 1 rings (SSSR count). The lowest BCUT2D eigenvalue weighted by atomic mass is 10.1. The first kappa shape index (κ1) is 10.7. The molecule has 0 spiro atoms. The molecule has 0 aliphatic heterocycles. The van der Waals surface area contributed by atoms with Crippen molar-refractivity contribution in [3.63, 3.8) is 0 Å². The number of hydrogen-bond donors (Lipinski definition) is 1. The molecule has 0 aliphatic carbocycles. The fourth-order valence-electron chi connectivity index (χ4n) is 1.10. The second kappa shape index (κ2) is 3.77. The Morgan fingerprint density at radius 3 is 2.36 bits per heavy atom. The van der Waals surface area contributed by atoms with E-state index < -0.39 is 11.7 Å². The summed E-state index contributed by atoms with van der Waals surface area (Å²) in [6, 6.07) is 3.77. The van der Waals surface area contributed by atoms with Crippen LogP contribution in [-0.4, -0.2) is 14.2 Å². The molecule has 1 N–H and O–H groups in total. The quantitative estimate of drug-likeness (QED) is 0.801. The smallest absolute Gasteiger partial charge is 0.418 e. The normalized spacial score (nSPS) is 11.2. The highest BCUT2D eigenvalue weighted by atomic mass is 19.4. The van der Waals surface area contributed by atoms with Gasteiger partial charge in [-0.2, -0.15) is 13.2 Å². The SMILES string of the molecule is CNc1ccc(OC)cc1C(F)(F)F. The highest BCUT2D eigenvalue weighted by Gasteiger charge is 2.33. The first-order valence-corrected chi connectivity index (χ1v) is 3.92. The van der Waals surface area contributed by atoms with Gasteiger partial charge in [-0.1, -0.05) is 0 Å². The Labute approximate surface area is 79.7 Å². The van der Waals surface area contributed by atoms with Crippen LogP contribution >= 0.6 is 0 Å². The van der Waals surface area contributed by atoms with Crippen LogP contribution in [0.5, 0.6) is 5.75 Å². The van der Waals surface area contributed by atoms with Crippen LogP contribution in [0, 0.1) is 0 Å². The molecule has 1 aromatic carbocycles. The van der Waals surface area contributed by atoms with Gasteiger partial charge in [0.05, 0.1) is 12.7 Å². The molecule has 0 fully saturated rings. The maximum absolute atomic E-state index is 12.5. The molecule has 14 heavy (non-hydrogen) atoms. The van der Waals surface area contributed by atoms with Crippen molar-refractivity contribution in [3.8, 4) is 5.75 Å². The van der Waals surface area contributed by atoms with Crippen molar-refractivity contribution in [3.05, 3.63) is 23.8 Å². The van der Waals surface area contributed by atoms with Crippen molar-refractivity contribution in [1.82, 2.24) is 0 Å². The average molecular weight is 205 g/mol. The van der Waals surface area contributed by atoms with Crippen molar-refractivity contribution in [2.75, 3.05) is 19.5 Å². The lowest BCUT2D eigenvalue weighted by Gasteiger charge is -2.13. The summed E-state index contributed by atoms with van der Waals surface area (Å²) in [5, 5.41) is 2.48. The molecule has 0 radical (unpaired) electrons. The fourth-order valence-corrected chi connectivity index (χ4v) is 1.10. The molecule has 0 atom stereocenters. The van der Waals surface area contributed by atoms with E-state index in [-0.39, 0.29) is 11.4 Å². The standard InChI is InChI=1S/C9H10F3NO/c1-13-8-4-3-6(14-2)5-7(8)9(10,11)12/h3-5,13H,1-2H3. The summed E-state index contributed by atoms with van der Waals surface area (Å²) in [4.78, 5) is 0. The van der Waals surface area contributed by atoms with E-state index in [1.807, 2.05) is 0 Å². The lowest BCUT2D eigenvalue weighted by molar-refractivity contribution is -0.137. The predicted molar refractivity (Wildman–Crippen MR) is 47.5 cm³/mol. The van der Waals surface area contributed by atoms with Gasteiger partial charge < -0.3 is 10.1 Å². The Hall–Kier alpha value is -1.39. The second-order valence-corrected chi connectivity index (χ2v) is 2.66. The molecule has 0 unspecified atom stereocenters. The van der Waals surface area contributed by atoms with Crippen LogP contribution < -0.4 is 10.1 Å². The van der Waals surface area contributed by atoms with E-state index in [4.69, 9.17) is 4.74 Å².